The molecular formula is C12H27NO11. The van der Waals surface area contributed by atoms with Crippen LogP contribution < -0.4 is 5.90 Å². The highest BCUT2D eigenvalue weighted by Gasteiger charge is 2.32. The zero-order valence-electron chi connectivity index (χ0n) is 12.9. The molecule has 146 valence electrons. The fourth-order valence-electron chi connectivity index (χ4n) is 1.72. The van der Waals surface area contributed by atoms with E-state index in [4.69, 9.17) is 20.8 Å². The Labute approximate surface area is 137 Å². The second-order valence-electron chi connectivity index (χ2n) is 5.29. The van der Waals surface area contributed by atoms with Crippen LogP contribution in [0.25, 0.3) is 0 Å². The van der Waals surface area contributed by atoms with Gasteiger partial charge in [-0.3, -0.25) is 0 Å². The Morgan fingerprint density at radius 2 is 0.917 bits per heavy atom. The van der Waals surface area contributed by atoms with Crippen molar-refractivity contribution in [2.24, 2.45) is 5.90 Å². The average Bonchev–Trinajstić information content (AvgIpc) is 2.57. The van der Waals surface area contributed by atoms with E-state index in [0.717, 1.165) is 0 Å². The van der Waals surface area contributed by atoms with Crippen LogP contribution in [-0.4, -0.2) is 121 Å². The summed E-state index contributed by atoms with van der Waals surface area (Å²) in [4.78, 5) is 4.09. The lowest BCUT2D eigenvalue weighted by atomic mass is 10.0. The van der Waals surface area contributed by atoms with Gasteiger partial charge in [0.15, 0.2) is 0 Å². The first kappa shape index (κ1) is 23.5. The Kier molecular flexibility index (Phi) is 11.7. The molecule has 0 unspecified atom stereocenters. The summed E-state index contributed by atoms with van der Waals surface area (Å²) in [7, 11) is 0. The Bertz CT molecular complexity index is 323. The molecule has 0 spiro atoms. The van der Waals surface area contributed by atoms with Crippen LogP contribution in [-0.2, 0) is 9.57 Å². The number of nitrogens with two attached hydrogens (primary N) is 1. The molecule has 0 aliphatic carbocycles. The van der Waals surface area contributed by atoms with E-state index in [0.29, 0.717) is 0 Å². The molecule has 24 heavy (non-hydrogen) atoms. The summed E-state index contributed by atoms with van der Waals surface area (Å²) in [5, 5.41) is 84.3. The average molecular weight is 361 g/mol. The van der Waals surface area contributed by atoms with E-state index in [1.165, 1.54) is 0 Å². The molecule has 0 aromatic carbocycles. The third kappa shape index (κ3) is 7.60. The van der Waals surface area contributed by atoms with Gasteiger partial charge in [-0.05, 0) is 0 Å². The summed E-state index contributed by atoms with van der Waals surface area (Å²) in [6, 6.07) is 0. The molecule has 0 heterocycles. The summed E-state index contributed by atoms with van der Waals surface area (Å²) < 4.78 is 4.83. The van der Waals surface area contributed by atoms with Crippen LogP contribution >= 0.6 is 0 Å². The highest BCUT2D eigenvalue weighted by atomic mass is 16.6. The third-order valence-corrected chi connectivity index (χ3v) is 3.31. The number of rotatable bonds is 13. The molecule has 0 aromatic heterocycles. The van der Waals surface area contributed by atoms with Crippen LogP contribution in [0.15, 0.2) is 0 Å². The molecule has 12 nitrogen and oxygen atoms in total. The zero-order chi connectivity index (χ0) is 18.9. The number of aliphatic hydroxyl groups excluding tert-OH is 9. The minimum Gasteiger partial charge on any atom is -0.394 e. The first-order chi connectivity index (χ1) is 11.2. The van der Waals surface area contributed by atoms with E-state index < -0.39 is 75.3 Å². The van der Waals surface area contributed by atoms with Gasteiger partial charge in [0.2, 0.25) is 0 Å². The molecular weight excluding hydrogens is 334 g/mol. The molecule has 0 saturated heterocycles. The number of hydrogen-bond acceptors (Lipinski definition) is 12. The normalized spacial score (nSPS) is 22.2. The van der Waals surface area contributed by atoms with Crippen molar-refractivity contribution >= 4 is 0 Å². The summed E-state index contributed by atoms with van der Waals surface area (Å²) in [6.07, 6.45) is -13.8. The van der Waals surface area contributed by atoms with Crippen molar-refractivity contribution in [2.45, 2.75) is 48.8 Å². The fourth-order valence-corrected chi connectivity index (χ4v) is 1.72. The maximum absolute atomic E-state index is 9.61. The van der Waals surface area contributed by atoms with E-state index in [2.05, 4.69) is 4.84 Å². The molecule has 0 saturated carbocycles. The van der Waals surface area contributed by atoms with Gasteiger partial charge in [-0.25, -0.2) is 5.90 Å². The molecule has 0 bridgehead atoms. The van der Waals surface area contributed by atoms with Crippen LogP contribution in [0, 0.1) is 0 Å². The van der Waals surface area contributed by atoms with E-state index in [1.54, 1.807) is 0 Å². The van der Waals surface area contributed by atoms with Crippen molar-refractivity contribution < 1.29 is 55.5 Å². The third-order valence-electron chi connectivity index (χ3n) is 3.31. The lowest BCUT2D eigenvalue weighted by molar-refractivity contribution is -0.150. The van der Waals surface area contributed by atoms with Crippen LogP contribution in [0.1, 0.15) is 0 Å². The standard InChI is InChI=1S/C12H27NO11/c13-24-4-8(18)12(22)11(21)7(17)3-23-2-6(16)10(20)9(19)5(15)1-14/h5-12,14-22H,1-4,13H2/t5-,6-,7-,8-,9-,10-,11-,12-/m1/s1. The fraction of sp³-hybridized carbons (Fsp3) is 1.00. The van der Waals surface area contributed by atoms with Gasteiger partial charge < -0.3 is 55.5 Å². The SMILES string of the molecule is NOC[C@@H](O)[C@@H](O)[C@H](O)[C@H](O)COC[C@@H](O)[C@@H](O)[C@H](O)[C@H](O)CO. The Morgan fingerprint density at radius 3 is 1.25 bits per heavy atom. The molecule has 0 amide bonds. The maximum Gasteiger partial charge on any atom is 0.111 e. The maximum atomic E-state index is 9.61. The highest BCUT2D eigenvalue weighted by molar-refractivity contribution is 4.82. The van der Waals surface area contributed by atoms with Crippen molar-refractivity contribution in [3.63, 3.8) is 0 Å². The quantitative estimate of drug-likeness (QED) is 0.138. The molecule has 0 aliphatic rings. The van der Waals surface area contributed by atoms with Crippen LogP contribution in [0.4, 0.5) is 0 Å². The number of hydrogen-bond donors (Lipinski definition) is 10. The smallest absolute Gasteiger partial charge is 0.111 e. The van der Waals surface area contributed by atoms with E-state index in [1.807, 2.05) is 0 Å². The molecule has 11 N–H and O–H groups in total. The van der Waals surface area contributed by atoms with Gasteiger partial charge >= 0.3 is 0 Å². The van der Waals surface area contributed by atoms with Crippen LogP contribution in [0.3, 0.4) is 0 Å². The van der Waals surface area contributed by atoms with E-state index >= 15 is 0 Å². The summed E-state index contributed by atoms with van der Waals surface area (Å²) in [5.41, 5.74) is 0. The van der Waals surface area contributed by atoms with E-state index in [-0.39, 0.29) is 0 Å². The molecule has 0 radical (unpaired) electrons. The van der Waals surface area contributed by atoms with Gasteiger partial charge in [-0.15, -0.1) is 0 Å². The summed E-state index contributed by atoms with van der Waals surface area (Å²) in [5.74, 6) is 4.70. The van der Waals surface area contributed by atoms with Crippen molar-refractivity contribution in [1.82, 2.24) is 0 Å². The molecule has 12 heteroatoms. The first-order valence-electron chi connectivity index (χ1n) is 7.12. The number of aliphatic hydroxyl groups is 9. The van der Waals surface area contributed by atoms with Gasteiger partial charge in [0.25, 0.3) is 0 Å². The van der Waals surface area contributed by atoms with Crippen LogP contribution in [0.5, 0.6) is 0 Å². The van der Waals surface area contributed by atoms with E-state index in [9.17, 15) is 35.7 Å². The van der Waals surface area contributed by atoms with Gasteiger partial charge in [0.05, 0.1) is 26.4 Å². The summed E-state index contributed by atoms with van der Waals surface area (Å²) in [6.45, 7) is -2.49. The van der Waals surface area contributed by atoms with Gasteiger partial charge in [0.1, 0.15) is 48.8 Å². The molecule has 0 aliphatic heterocycles. The molecule has 0 rings (SSSR count). The Balaban J connectivity index is 4.25. The Hall–Kier alpha value is -0.480. The minimum atomic E-state index is -1.83. The van der Waals surface area contributed by atoms with Crippen molar-refractivity contribution in [3.8, 4) is 0 Å². The number of ether oxygens (including phenoxy) is 1. The van der Waals surface area contributed by atoms with Crippen molar-refractivity contribution in [3.05, 3.63) is 0 Å². The predicted octanol–water partition coefficient (Wildman–Crippen LogP) is -6.23. The zero-order valence-corrected chi connectivity index (χ0v) is 12.9. The second-order valence-corrected chi connectivity index (χ2v) is 5.29. The Morgan fingerprint density at radius 1 is 0.583 bits per heavy atom. The second kappa shape index (κ2) is 12.0. The predicted molar refractivity (Wildman–Crippen MR) is 76.1 cm³/mol. The molecule has 0 fully saturated rings. The van der Waals surface area contributed by atoms with Gasteiger partial charge in [-0.2, -0.15) is 0 Å². The monoisotopic (exact) mass is 361 g/mol. The molecule has 8 atom stereocenters. The van der Waals surface area contributed by atoms with Crippen LogP contribution in [0.2, 0.25) is 0 Å². The van der Waals surface area contributed by atoms with Crippen molar-refractivity contribution in [1.29, 1.82) is 0 Å². The molecule has 0 aromatic rings. The lowest BCUT2D eigenvalue weighted by Gasteiger charge is -2.27. The minimum absolute atomic E-state index is 0.484. The largest absolute Gasteiger partial charge is 0.394 e. The van der Waals surface area contributed by atoms with Gasteiger partial charge in [-0.1, -0.05) is 0 Å². The van der Waals surface area contributed by atoms with Gasteiger partial charge in [0, 0.05) is 0 Å². The lowest BCUT2D eigenvalue weighted by Crippen LogP contribution is -2.49. The highest BCUT2D eigenvalue weighted by Crippen LogP contribution is 2.08. The topological polar surface area (TPSA) is 227 Å². The van der Waals surface area contributed by atoms with Crippen molar-refractivity contribution in [2.75, 3.05) is 26.4 Å². The summed E-state index contributed by atoms with van der Waals surface area (Å²) >= 11 is 0. The first-order valence-corrected chi connectivity index (χ1v) is 7.12.